The van der Waals surface area contributed by atoms with Crippen LogP contribution < -0.4 is 0 Å². The molecular formula is C24H22O3. The van der Waals surface area contributed by atoms with Gasteiger partial charge in [0.2, 0.25) is 0 Å². The third-order valence-corrected chi connectivity index (χ3v) is 4.51. The fraction of sp³-hybridized carbons (Fsp3) is 0.167. The zero-order valence-electron chi connectivity index (χ0n) is 15.3. The lowest BCUT2D eigenvalue weighted by atomic mass is 9.85. The minimum atomic E-state index is -0.333. The van der Waals surface area contributed by atoms with Crippen LogP contribution in [-0.4, -0.2) is 18.4 Å². The molecule has 0 aliphatic rings. The maximum atomic E-state index is 12.8. The molecule has 3 aromatic carbocycles. The average Bonchev–Trinajstić information content (AvgIpc) is 2.73. The number of Topliss-reactive ketones (excluding diaryl/α,β-unsaturated/α-hetero) is 1. The van der Waals surface area contributed by atoms with E-state index in [-0.39, 0.29) is 17.7 Å². The third kappa shape index (κ3) is 4.70. The summed E-state index contributed by atoms with van der Waals surface area (Å²) < 4.78 is 5.04. The number of benzene rings is 3. The molecule has 27 heavy (non-hydrogen) atoms. The molecule has 0 radical (unpaired) electrons. The van der Waals surface area contributed by atoms with Crippen LogP contribution in [0.4, 0.5) is 0 Å². The van der Waals surface area contributed by atoms with E-state index < -0.39 is 0 Å². The van der Waals surface area contributed by atoms with Gasteiger partial charge in [-0.3, -0.25) is 4.79 Å². The molecule has 1 atom stereocenters. The standard InChI is InChI=1S/C24H22O3/c1-2-27-24(26)21-15-13-19(14-16-21)22(18-9-5-3-6-10-18)17-23(25)20-11-7-4-8-12-20/h3-16,22H,2,17H2,1H3. The predicted octanol–water partition coefficient (Wildman–Crippen LogP) is 5.27. The first-order valence-corrected chi connectivity index (χ1v) is 9.09. The van der Waals surface area contributed by atoms with Crippen LogP contribution >= 0.6 is 0 Å². The first-order valence-electron chi connectivity index (χ1n) is 9.09. The van der Waals surface area contributed by atoms with Crippen molar-refractivity contribution < 1.29 is 14.3 Å². The first kappa shape index (κ1) is 18.6. The van der Waals surface area contributed by atoms with E-state index in [9.17, 15) is 9.59 Å². The summed E-state index contributed by atoms with van der Waals surface area (Å²) in [5.74, 6) is -0.310. The summed E-state index contributed by atoms with van der Waals surface area (Å²) in [5, 5.41) is 0. The second-order valence-corrected chi connectivity index (χ2v) is 6.30. The fourth-order valence-corrected chi connectivity index (χ4v) is 3.11. The number of ether oxygens (including phenoxy) is 1. The van der Waals surface area contributed by atoms with Gasteiger partial charge >= 0.3 is 5.97 Å². The van der Waals surface area contributed by atoms with Crippen molar-refractivity contribution in [3.63, 3.8) is 0 Å². The van der Waals surface area contributed by atoms with Crippen LogP contribution in [0.1, 0.15) is 51.1 Å². The Morgan fingerprint density at radius 2 is 1.30 bits per heavy atom. The molecule has 3 heteroatoms. The quantitative estimate of drug-likeness (QED) is 0.427. The van der Waals surface area contributed by atoms with Gasteiger partial charge in [-0.2, -0.15) is 0 Å². The number of esters is 1. The molecule has 0 aliphatic carbocycles. The molecule has 0 saturated heterocycles. The molecule has 0 bridgehead atoms. The molecule has 0 fully saturated rings. The lowest BCUT2D eigenvalue weighted by Crippen LogP contribution is -2.10. The van der Waals surface area contributed by atoms with Crippen molar-refractivity contribution in [1.29, 1.82) is 0 Å². The molecule has 1 unspecified atom stereocenters. The van der Waals surface area contributed by atoms with E-state index in [1.165, 1.54) is 0 Å². The van der Waals surface area contributed by atoms with Crippen molar-refractivity contribution >= 4 is 11.8 Å². The zero-order valence-corrected chi connectivity index (χ0v) is 15.3. The van der Waals surface area contributed by atoms with Crippen LogP contribution in [0.25, 0.3) is 0 Å². The molecule has 0 spiro atoms. The van der Waals surface area contributed by atoms with Gasteiger partial charge in [-0.1, -0.05) is 72.8 Å². The van der Waals surface area contributed by atoms with Gasteiger partial charge in [0, 0.05) is 17.9 Å². The SMILES string of the molecule is CCOC(=O)c1ccc(C(CC(=O)c2ccccc2)c2ccccc2)cc1. The number of carbonyl (C=O) groups excluding carboxylic acids is 2. The number of hydrogen-bond donors (Lipinski definition) is 0. The largest absolute Gasteiger partial charge is 0.462 e. The van der Waals surface area contributed by atoms with Crippen molar-refractivity contribution in [2.75, 3.05) is 6.61 Å². The van der Waals surface area contributed by atoms with Crippen LogP contribution in [0.15, 0.2) is 84.9 Å². The molecule has 0 amide bonds. The third-order valence-electron chi connectivity index (χ3n) is 4.51. The van der Waals surface area contributed by atoms with Crippen LogP contribution in [0.2, 0.25) is 0 Å². The van der Waals surface area contributed by atoms with E-state index >= 15 is 0 Å². The van der Waals surface area contributed by atoms with Crippen LogP contribution in [0, 0.1) is 0 Å². The van der Waals surface area contributed by atoms with Crippen molar-refractivity contribution in [2.24, 2.45) is 0 Å². The molecule has 136 valence electrons. The molecule has 0 N–H and O–H groups in total. The average molecular weight is 358 g/mol. The van der Waals surface area contributed by atoms with Gasteiger partial charge in [-0.25, -0.2) is 4.79 Å². The lowest BCUT2D eigenvalue weighted by molar-refractivity contribution is 0.0526. The normalized spacial score (nSPS) is 11.6. The topological polar surface area (TPSA) is 43.4 Å². The Kier molecular flexibility index (Phi) is 6.16. The Balaban J connectivity index is 1.89. The predicted molar refractivity (Wildman–Crippen MR) is 106 cm³/mol. The van der Waals surface area contributed by atoms with Gasteiger partial charge in [0.1, 0.15) is 0 Å². The number of rotatable bonds is 7. The summed E-state index contributed by atoms with van der Waals surface area (Å²) in [7, 11) is 0. The lowest BCUT2D eigenvalue weighted by Gasteiger charge is -2.18. The Morgan fingerprint density at radius 1 is 0.741 bits per heavy atom. The highest BCUT2D eigenvalue weighted by Gasteiger charge is 2.19. The molecule has 3 nitrogen and oxygen atoms in total. The van der Waals surface area contributed by atoms with Crippen molar-refractivity contribution in [2.45, 2.75) is 19.3 Å². The minimum Gasteiger partial charge on any atom is -0.462 e. The highest BCUT2D eigenvalue weighted by atomic mass is 16.5. The monoisotopic (exact) mass is 358 g/mol. The van der Waals surface area contributed by atoms with Gasteiger partial charge in [0.15, 0.2) is 5.78 Å². The first-order chi connectivity index (χ1) is 13.2. The van der Waals surface area contributed by atoms with Gasteiger partial charge in [-0.05, 0) is 30.2 Å². The highest BCUT2D eigenvalue weighted by molar-refractivity contribution is 5.96. The maximum absolute atomic E-state index is 12.8. The van der Waals surface area contributed by atoms with E-state index in [1.807, 2.05) is 72.8 Å². The van der Waals surface area contributed by atoms with Gasteiger partial charge in [0.05, 0.1) is 12.2 Å². The minimum absolute atomic E-state index is 0.0739. The molecule has 3 aromatic rings. The van der Waals surface area contributed by atoms with Crippen molar-refractivity contribution in [3.05, 3.63) is 107 Å². The molecule has 0 aromatic heterocycles. The van der Waals surface area contributed by atoms with E-state index in [2.05, 4.69) is 0 Å². The van der Waals surface area contributed by atoms with E-state index in [0.29, 0.717) is 24.2 Å². The second-order valence-electron chi connectivity index (χ2n) is 6.30. The Morgan fingerprint density at radius 3 is 1.89 bits per heavy atom. The highest BCUT2D eigenvalue weighted by Crippen LogP contribution is 2.29. The fourth-order valence-electron chi connectivity index (χ4n) is 3.11. The summed E-state index contributed by atoms with van der Waals surface area (Å²) in [4.78, 5) is 24.7. The zero-order chi connectivity index (χ0) is 19.1. The summed E-state index contributed by atoms with van der Waals surface area (Å²) in [6.45, 7) is 2.13. The Hall–Kier alpha value is -3.20. The van der Waals surface area contributed by atoms with Crippen molar-refractivity contribution in [1.82, 2.24) is 0 Å². The van der Waals surface area contributed by atoms with Gasteiger partial charge < -0.3 is 4.74 Å². The molecule has 0 heterocycles. The van der Waals surface area contributed by atoms with Crippen molar-refractivity contribution in [3.8, 4) is 0 Å². The Labute approximate surface area is 159 Å². The summed E-state index contributed by atoms with van der Waals surface area (Å²) in [6, 6.07) is 26.6. The smallest absolute Gasteiger partial charge is 0.338 e. The number of hydrogen-bond acceptors (Lipinski definition) is 3. The molecule has 0 aliphatic heterocycles. The van der Waals surface area contributed by atoms with E-state index in [1.54, 1.807) is 19.1 Å². The van der Waals surface area contributed by atoms with Gasteiger partial charge in [-0.15, -0.1) is 0 Å². The van der Waals surface area contributed by atoms with Crippen LogP contribution in [0.5, 0.6) is 0 Å². The van der Waals surface area contributed by atoms with Crippen LogP contribution in [0.3, 0.4) is 0 Å². The molecular weight excluding hydrogens is 336 g/mol. The Bertz CT molecular complexity index is 884. The molecule has 0 saturated carbocycles. The van der Waals surface area contributed by atoms with Crippen LogP contribution in [-0.2, 0) is 4.74 Å². The second kappa shape index (κ2) is 8.95. The molecule has 3 rings (SSSR count). The summed E-state index contributed by atoms with van der Waals surface area (Å²) in [5.41, 5.74) is 3.30. The van der Waals surface area contributed by atoms with E-state index in [0.717, 1.165) is 11.1 Å². The van der Waals surface area contributed by atoms with Gasteiger partial charge in [0.25, 0.3) is 0 Å². The van der Waals surface area contributed by atoms with E-state index in [4.69, 9.17) is 4.74 Å². The number of ketones is 1. The maximum Gasteiger partial charge on any atom is 0.338 e. The summed E-state index contributed by atoms with van der Waals surface area (Å²) in [6.07, 6.45) is 0.368. The number of carbonyl (C=O) groups is 2. The summed E-state index contributed by atoms with van der Waals surface area (Å²) >= 11 is 0.